The van der Waals surface area contributed by atoms with Gasteiger partial charge >= 0.3 is 0 Å². The van der Waals surface area contributed by atoms with E-state index in [1.165, 1.54) is 6.42 Å². The van der Waals surface area contributed by atoms with Crippen LogP contribution in [0.1, 0.15) is 36.0 Å². The number of hydrogen-bond acceptors (Lipinski definition) is 5. The van der Waals surface area contributed by atoms with Crippen molar-refractivity contribution in [3.8, 4) is 5.75 Å². The molecule has 2 heterocycles. The number of pyridine rings is 1. The maximum atomic E-state index is 12.7. The zero-order valence-electron chi connectivity index (χ0n) is 15.9. The lowest BCUT2D eigenvalue weighted by atomic mass is 10.0. The summed E-state index contributed by atoms with van der Waals surface area (Å²) in [5.41, 5.74) is 0.529. The molecule has 0 unspecified atom stereocenters. The number of benzene rings is 1. The highest BCUT2D eigenvalue weighted by atomic mass is 16.5. The van der Waals surface area contributed by atoms with Gasteiger partial charge in [-0.1, -0.05) is 24.6 Å². The van der Waals surface area contributed by atoms with Crippen LogP contribution in [0.5, 0.6) is 5.75 Å². The number of amides is 1. The predicted octanol–water partition coefficient (Wildman–Crippen LogP) is 2.25. The molecule has 1 amide bonds. The molecule has 4 rings (SSSR count). The van der Waals surface area contributed by atoms with Crippen LogP contribution in [-0.4, -0.2) is 58.3 Å². The summed E-state index contributed by atoms with van der Waals surface area (Å²) in [6, 6.07) is 12.7. The number of rotatable bonds is 5. The Hall–Kier alpha value is -2.44. The normalized spacial score (nSPS) is 28.0. The van der Waals surface area contributed by atoms with Gasteiger partial charge in [0.2, 0.25) is 0 Å². The van der Waals surface area contributed by atoms with E-state index in [-0.39, 0.29) is 24.1 Å². The maximum Gasteiger partial charge on any atom is 0.253 e. The highest BCUT2D eigenvalue weighted by Crippen LogP contribution is 2.31. The van der Waals surface area contributed by atoms with E-state index >= 15 is 0 Å². The van der Waals surface area contributed by atoms with Gasteiger partial charge in [-0.3, -0.25) is 14.7 Å². The van der Waals surface area contributed by atoms with E-state index in [1.807, 2.05) is 30.3 Å². The average molecular weight is 381 g/mol. The number of aliphatic hydroxyl groups is 1. The van der Waals surface area contributed by atoms with Crippen LogP contribution in [0.3, 0.4) is 0 Å². The molecule has 4 atom stereocenters. The molecule has 1 saturated heterocycles. The van der Waals surface area contributed by atoms with Crippen molar-refractivity contribution in [3.05, 3.63) is 60.4 Å². The highest BCUT2D eigenvalue weighted by Gasteiger charge is 2.47. The summed E-state index contributed by atoms with van der Waals surface area (Å²) in [6.07, 6.45) is 6.24. The standard InChI is InChI=1S/C22H27N3O3/c26-21-19(28-17-9-3-1-4-10-17)14-18(20(21)25-12-5-2-6-13-25)24-22(27)16-8-7-11-23-15-16/h1,3-4,7-11,15,18-21,26H,2,5-6,12-14H2,(H,24,27)/t18-,19-,20+,21+/m1/s1. The molecule has 0 radical (unpaired) electrons. The zero-order valence-corrected chi connectivity index (χ0v) is 15.9. The van der Waals surface area contributed by atoms with Crippen LogP contribution in [0.15, 0.2) is 54.9 Å². The number of para-hydroxylation sites is 1. The Labute approximate surface area is 165 Å². The van der Waals surface area contributed by atoms with E-state index in [1.54, 1.807) is 24.5 Å². The fourth-order valence-electron chi connectivity index (χ4n) is 4.36. The first kappa shape index (κ1) is 18.9. The topological polar surface area (TPSA) is 74.7 Å². The molecular weight excluding hydrogens is 354 g/mol. The molecule has 0 spiro atoms. The molecule has 0 bridgehead atoms. The summed E-state index contributed by atoms with van der Waals surface area (Å²) in [4.78, 5) is 19.1. The molecule has 6 nitrogen and oxygen atoms in total. The van der Waals surface area contributed by atoms with Crippen LogP contribution in [-0.2, 0) is 0 Å². The number of hydrogen-bond donors (Lipinski definition) is 2. The largest absolute Gasteiger partial charge is 0.488 e. The zero-order chi connectivity index (χ0) is 19.3. The number of carbonyl (C=O) groups excluding carboxylic acids is 1. The molecule has 6 heteroatoms. The molecule has 1 aromatic heterocycles. The van der Waals surface area contributed by atoms with Crippen molar-refractivity contribution >= 4 is 5.91 Å². The number of carbonyl (C=O) groups is 1. The highest BCUT2D eigenvalue weighted by molar-refractivity contribution is 5.94. The van der Waals surface area contributed by atoms with E-state index in [9.17, 15) is 9.90 Å². The third-order valence-corrected chi connectivity index (χ3v) is 5.71. The maximum absolute atomic E-state index is 12.7. The SMILES string of the molecule is O=C(N[C@@H]1C[C@@H](Oc2ccccc2)[C@H](O)[C@H]1N1CCCCC1)c1cccnc1. The summed E-state index contributed by atoms with van der Waals surface area (Å²) in [5.74, 6) is 0.579. The van der Waals surface area contributed by atoms with Gasteiger partial charge in [-0.2, -0.15) is 0 Å². The van der Waals surface area contributed by atoms with Gasteiger partial charge in [0.15, 0.2) is 0 Å². The molecule has 1 aliphatic carbocycles. The second-order valence-electron chi connectivity index (χ2n) is 7.60. The van der Waals surface area contributed by atoms with Gasteiger partial charge in [0, 0.05) is 18.8 Å². The average Bonchev–Trinajstić information content (AvgIpc) is 3.04. The van der Waals surface area contributed by atoms with Crippen LogP contribution in [0.4, 0.5) is 0 Å². The summed E-state index contributed by atoms with van der Waals surface area (Å²) >= 11 is 0. The van der Waals surface area contributed by atoms with Gasteiger partial charge in [-0.05, 0) is 50.2 Å². The summed E-state index contributed by atoms with van der Waals surface area (Å²) in [5, 5.41) is 14.2. The molecular formula is C22H27N3O3. The summed E-state index contributed by atoms with van der Waals surface area (Å²) in [6.45, 7) is 1.89. The Balaban J connectivity index is 1.52. The lowest BCUT2D eigenvalue weighted by Gasteiger charge is -2.37. The fraction of sp³-hybridized carbons (Fsp3) is 0.455. The van der Waals surface area contributed by atoms with Gasteiger partial charge < -0.3 is 15.2 Å². The van der Waals surface area contributed by atoms with Crippen LogP contribution in [0, 0.1) is 0 Å². The lowest BCUT2D eigenvalue weighted by Crippen LogP contribution is -2.54. The third-order valence-electron chi connectivity index (χ3n) is 5.71. The number of aliphatic hydroxyl groups excluding tert-OH is 1. The first-order chi connectivity index (χ1) is 13.7. The van der Waals surface area contributed by atoms with Crippen molar-refractivity contribution in [2.24, 2.45) is 0 Å². The number of ether oxygens (including phenoxy) is 1. The first-order valence-electron chi connectivity index (χ1n) is 10.1. The number of nitrogens with one attached hydrogen (secondary N) is 1. The van der Waals surface area contributed by atoms with Crippen molar-refractivity contribution in [2.45, 2.75) is 50.0 Å². The van der Waals surface area contributed by atoms with Gasteiger partial charge in [0.05, 0.1) is 17.6 Å². The van der Waals surface area contributed by atoms with E-state index < -0.39 is 6.10 Å². The van der Waals surface area contributed by atoms with Gasteiger partial charge in [0.1, 0.15) is 18.0 Å². The molecule has 28 heavy (non-hydrogen) atoms. The molecule has 1 aliphatic heterocycles. The van der Waals surface area contributed by atoms with Gasteiger partial charge in [-0.15, -0.1) is 0 Å². The molecule has 2 aromatic rings. The second-order valence-corrected chi connectivity index (χ2v) is 7.60. The molecule has 2 fully saturated rings. The lowest BCUT2D eigenvalue weighted by molar-refractivity contribution is 0.00146. The number of nitrogens with zero attached hydrogens (tertiary/aromatic N) is 2. The third kappa shape index (κ3) is 4.18. The van der Waals surface area contributed by atoms with Gasteiger partial charge in [-0.25, -0.2) is 0 Å². The van der Waals surface area contributed by atoms with Gasteiger partial charge in [0.25, 0.3) is 5.91 Å². The van der Waals surface area contributed by atoms with Crippen molar-refractivity contribution in [2.75, 3.05) is 13.1 Å². The first-order valence-corrected chi connectivity index (χ1v) is 10.1. The van der Waals surface area contributed by atoms with Crippen molar-refractivity contribution in [1.82, 2.24) is 15.2 Å². The Morgan fingerprint density at radius 3 is 2.61 bits per heavy atom. The Kier molecular flexibility index (Phi) is 5.88. The predicted molar refractivity (Wildman–Crippen MR) is 106 cm³/mol. The second kappa shape index (κ2) is 8.71. The Morgan fingerprint density at radius 2 is 1.89 bits per heavy atom. The van der Waals surface area contributed by atoms with Crippen LogP contribution in [0.2, 0.25) is 0 Å². The quantitative estimate of drug-likeness (QED) is 0.831. The van der Waals surface area contributed by atoms with Crippen LogP contribution < -0.4 is 10.1 Å². The number of aromatic nitrogens is 1. The minimum absolute atomic E-state index is 0.144. The smallest absolute Gasteiger partial charge is 0.253 e. The Morgan fingerprint density at radius 1 is 1.11 bits per heavy atom. The minimum atomic E-state index is -0.655. The molecule has 2 aliphatic rings. The molecule has 2 N–H and O–H groups in total. The van der Waals surface area contributed by atoms with E-state index in [4.69, 9.17) is 4.74 Å². The van der Waals surface area contributed by atoms with Crippen molar-refractivity contribution in [1.29, 1.82) is 0 Å². The monoisotopic (exact) mass is 381 g/mol. The van der Waals surface area contributed by atoms with E-state index in [2.05, 4.69) is 15.2 Å². The molecule has 148 valence electrons. The fourth-order valence-corrected chi connectivity index (χ4v) is 4.36. The minimum Gasteiger partial charge on any atom is -0.488 e. The van der Waals surface area contributed by atoms with E-state index in [0.29, 0.717) is 12.0 Å². The molecule has 1 saturated carbocycles. The number of likely N-dealkylation sites (tertiary alicyclic amines) is 1. The summed E-state index contributed by atoms with van der Waals surface area (Å²) in [7, 11) is 0. The van der Waals surface area contributed by atoms with E-state index in [0.717, 1.165) is 31.7 Å². The Bertz CT molecular complexity index is 765. The number of piperidine rings is 1. The van der Waals surface area contributed by atoms with Crippen LogP contribution >= 0.6 is 0 Å². The van der Waals surface area contributed by atoms with Crippen molar-refractivity contribution in [3.63, 3.8) is 0 Å². The van der Waals surface area contributed by atoms with Crippen LogP contribution in [0.25, 0.3) is 0 Å². The molecule has 1 aromatic carbocycles. The van der Waals surface area contributed by atoms with Crippen molar-refractivity contribution < 1.29 is 14.6 Å². The summed E-state index contributed by atoms with van der Waals surface area (Å²) < 4.78 is 6.09.